The molecule has 0 aromatic rings. The quantitative estimate of drug-likeness (QED) is 0.404. The average Bonchev–Trinajstić information content (AvgIpc) is 2.77. The Morgan fingerprint density at radius 2 is 2.44 bits per heavy atom. The number of carbonyl (C=O) groups excluding carboxylic acids is 1. The van der Waals surface area contributed by atoms with E-state index in [2.05, 4.69) is 11.9 Å². The van der Waals surface area contributed by atoms with Gasteiger partial charge in [0.05, 0.1) is 12.7 Å². The van der Waals surface area contributed by atoms with E-state index in [9.17, 15) is 4.79 Å². The van der Waals surface area contributed by atoms with E-state index < -0.39 is 0 Å². The summed E-state index contributed by atoms with van der Waals surface area (Å²) in [7, 11) is 0. The van der Waals surface area contributed by atoms with Crippen LogP contribution in [0.4, 0.5) is 0 Å². The first kappa shape index (κ1) is 13.2. The molecule has 0 aliphatic carbocycles. The van der Waals surface area contributed by atoms with E-state index in [0.29, 0.717) is 24.8 Å². The summed E-state index contributed by atoms with van der Waals surface area (Å²) < 4.78 is 10.3. The first-order valence-corrected chi connectivity index (χ1v) is 5.91. The maximum absolute atomic E-state index is 11.2. The van der Waals surface area contributed by atoms with Gasteiger partial charge in [-0.05, 0) is 32.7 Å². The van der Waals surface area contributed by atoms with Crippen molar-refractivity contribution in [2.24, 2.45) is 0 Å². The van der Waals surface area contributed by atoms with Gasteiger partial charge in [-0.15, -0.1) is 0 Å². The van der Waals surface area contributed by atoms with Gasteiger partial charge in [0.1, 0.15) is 0 Å². The largest absolute Gasteiger partial charge is 0.463 e. The number of hydrogen-bond donors (Lipinski definition) is 1. The molecular formula is C12H21NO3. The van der Waals surface area contributed by atoms with Gasteiger partial charge < -0.3 is 14.8 Å². The minimum absolute atomic E-state index is 0.313. The van der Waals surface area contributed by atoms with E-state index in [-0.39, 0.29) is 5.97 Å². The summed E-state index contributed by atoms with van der Waals surface area (Å²) in [6.45, 7) is 8.09. The van der Waals surface area contributed by atoms with Gasteiger partial charge in [0.15, 0.2) is 0 Å². The van der Waals surface area contributed by atoms with Crippen LogP contribution in [0.2, 0.25) is 0 Å². The highest BCUT2D eigenvalue weighted by molar-refractivity contribution is 5.88. The average molecular weight is 227 g/mol. The van der Waals surface area contributed by atoms with Crippen LogP contribution in [-0.4, -0.2) is 38.4 Å². The Morgan fingerprint density at radius 3 is 3.06 bits per heavy atom. The molecule has 0 saturated carbocycles. The normalized spacial score (nSPS) is 19.7. The first-order valence-electron chi connectivity index (χ1n) is 5.91. The third-order valence-corrected chi connectivity index (χ3v) is 2.57. The smallest absolute Gasteiger partial charge is 0.334 e. The molecule has 1 unspecified atom stereocenters. The molecule has 0 aromatic heterocycles. The van der Waals surface area contributed by atoms with Crippen LogP contribution in [0.3, 0.4) is 0 Å². The van der Waals surface area contributed by atoms with Gasteiger partial charge in [-0.25, -0.2) is 4.79 Å². The summed E-state index contributed by atoms with van der Waals surface area (Å²) in [6, 6.07) is 0. The van der Waals surface area contributed by atoms with Gasteiger partial charge in [-0.3, -0.25) is 0 Å². The van der Waals surface area contributed by atoms with Crippen LogP contribution in [0.25, 0.3) is 0 Å². The molecule has 1 rings (SSSR count). The predicted molar refractivity (Wildman–Crippen MR) is 62.2 cm³/mol. The number of rotatable bonds is 7. The highest BCUT2D eigenvalue weighted by atomic mass is 16.5. The third-order valence-electron chi connectivity index (χ3n) is 2.57. The SMILES string of the molecule is C=C(CNCCC1CCCO1)C(=O)OCC. The van der Waals surface area contributed by atoms with Gasteiger partial charge in [-0.2, -0.15) is 0 Å². The molecule has 1 aliphatic rings. The molecule has 1 heterocycles. The van der Waals surface area contributed by atoms with Crippen molar-refractivity contribution in [2.45, 2.75) is 32.3 Å². The molecule has 0 bridgehead atoms. The summed E-state index contributed by atoms with van der Waals surface area (Å²) in [5.41, 5.74) is 0.481. The van der Waals surface area contributed by atoms with Crippen molar-refractivity contribution in [3.8, 4) is 0 Å². The zero-order chi connectivity index (χ0) is 11.8. The fraction of sp³-hybridized carbons (Fsp3) is 0.750. The fourth-order valence-corrected chi connectivity index (χ4v) is 1.68. The summed E-state index contributed by atoms with van der Waals surface area (Å²) in [5.74, 6) is -0.313. The van der Waals surface area contributed by atoms with Crippen molar-refractivity contribution < 1.29 is 14.3 Å². The molecule has 1 fully saturated rings. The number of nitrogens with one attached hydrogen (secondary N) is 1. The van der Waals surface area contributed by atoms with Crippen molar-refractivity contribution >= 4 is 5.97 Å². The van der Waals surface area contributed by atoms with Crippen LogP contribution in [0, 0.1) is 0 Å². The van der Waals surface area contributed by atoms with Crippen LogP contribution in [-0.2, 0) is 14.3 Å². The van der Waals surface area contributed by atoms with E-state index in [1.165, 1.54) is 6.42 Å². The van der Waals surface area contributed by atoms with Crippen LogP contribution in [0.15, 0.2) is 12.2 Å². The Morgan fingerprint density at radius 1 is 1.62 bits per heavy atom. The van der Waals surface area contributed by atoms with E-state index in [1.54, 1.807) is 6.92 Å². The standard InChI is InChI=1S/C12H21NO3/c1-3-15-12(14)10(2)9-13-7-6-11-5-4-8-16-11/h11,13H,2-9H2,1H3. The van der Waals surface area contributed by atoms with E-state index in [1.807, 2.05) is 0 Å². The van der Waals surface area contributed by atoms with Gasteiger partial charge in [0.25, 0.3) is 0 Å². The Labute approximate surface area is 97.0 Å². The molecule has 92 valence electrons. The van der Waals surface area contributed by atoms with E-state index >= 15 is 0 Å². The Kier molecular flexibility index (Phi) is 6.11. The van der Waals surface area contributed by atoms with Gasteiger partial charge in [0.2, 0.25) is 0 Å². The zero-order valence-electron chi connectivity index (χ0n) is 9.96. The molecule has 4 nitrogen and oxygen atoms in total. The van der Waals surface area contributed by atoms with E-state index in [4.69, 9.17) is 9.47 Å². The van der Waals surface area contributed by atoms with Crippen LogP contribution < -0.4 is 5.32 Å². The summed E-state index contributed by atoms with van der Waals surface area (Å²) in [5, 5.41) is 3.17. The lowest BCUT2D eigenvalue weighted by Crippen LogP contribution is -2.25. The lowest BCUT2D eigenvalue weighted by molar-refractivity contribution is -0.138. The molecule has 4 heteroatoms. The van der Waals surface area contributed by atoms with Crippen molar-refractivity contribution in [1.29, 1.82) is 0 Å². The minimum atomic E-state index is -0.313. The second kappa shape index (κ2) is 7.41. The molecule has 1 N–H and O–H groups in total. The zero-order valence-corrected chi connectivity index (χ0v) is 9.96. The fourth-order valence-electron chi connectivity index (χ4n) is 1.68. The third kappa shape index (κ3) is 4.77. The number of ether oxygens (including phenoxy) is 2. The second-order valence-electron chi connectivity index (χ2n) is 3.92. The molecule has 1 saturated heterocycles. The van der Waals surface area contributed by atoms with Crippen LogP contribution in [0.5, 0.6) is 0 Å². The monoisotopic (exact) mass is 227 g/mol. The molecule has 0 spiro atoms. The summed E-state index contributed by atoms with van der Waals surface area (Å²) in [4.78, 5) is 11.2. The van der Waals surface area contributed by atoms with Crippen molar-refractivity contribution in [1.82, 2.24) is 5.32 Å². The maximum Gasteiger partial charge on any atom is 0.334 e. The Hall–Kier alpha value is -0.870. The molecule has 16 heavy (non-hydrogen) atoms. The van der Waals surface area contributed by atoms with Gasteiger partial charge in [0, 0.05) is 18.7 Å². The lowest BCUT2D eigenvalue weighted by atomic mass is 10.2. The van der Waals surface area contributed by atoms with Gasteiger partial charge in [-0.1, -0.05) is 6.58 Å². The Balaban J connectivity index is 2.01. The summed E-state index contributed by atoms with van der Waals surface area (Å²) in [6.07, 6.45) is 3.71. The molecular weight excluding hydrogens is 206 g/mol. The number of esters is 1. The van der Waals surface area contributed by atoms with Crippen LogP contribution in [0.1, 0.15) is 26.2 Å². The van der Waals surface area contributed by atoms with E-state index in [0.717, 1.165) is 26.0 Å². The van der Waals surface area contributed by atoms with Crippen molar-refractivity contribution in [3.05, 3.63) is 12.2 Å². The molecule has 0 aromatic carbocycles. The summed E-state index contributed by atoms with van der Waals surface area (Å²) >= 11 is 0. The molecule has 1 aliphatic heterocycles. The second-order valence-corrected chi connectivity index (χ2v) is 3.92. The maximum atomic E-state index is 11.2. The first-order chi connectivity index (χ1) is 7.74. The topological polar surface area (TPSA) is 47.6 Å². The Bertz CT molecular complexity index is 234. The van der Waals surface area contributed by atoms with Crippen LogP contribution >= 0.6 is 0 Å². The molecule has 1 atom stereocenters. The van der Waals surface area contributed by atoms with Crippen molar-refractivity contribution in [2.75, 3.05) is 26.3 Å². The number of hydrogen-bond acceptors (Lipinski definition) is 4. The minimum Gasteiger partial charge on any atom is -0.463 e. The highest BCUT2D eigenvalue weighted by Crippen LogP contribution is 2.14. The highest BCUT2D eigenvalue weighted by Gasteiger charge is 2.14. The number of carbonyl (C=O) groups is 1. The molecule has 0 amide bonds. The van der Waals surface area contributed by atoms with Crippen molar-refractivity contribution in [3.63, 3.8) is 0 Å². The van der Waals surface area contributed by atoms with Gasteiger partial charge >= 0.3 is 5.97 Å². The molecule has 0 radical (unpaired) electrons. The predicted octanol–water partition coefficient (Wildman–Crippen LogP) is 1.26. The lowest BCUT2D eigenvalue weighted by Gasteiger charge is -2.10.